The van der Waals surface area contributed by atoms with Gasteiger partial charge in [-0.2, -0.15) is 0 Å². The largest absolute Gasteiger partial charge is 0.0761 e. The van der Waals surface area contributed by atoms with E-state index in [-0.39, 0.29) is 0 Å². The molecule has 0 spiro atoms. The van der Waals surface area contributed by atoms with Crippen molar-refractivity contribution in [1.82, 2.24) is 0 Å². The molecule has 0 aliphatic heterocycles. The Bertz CT molecular complexity index is 2330. The molecule has 0 heteroatoms. The Kier molecular flexibility index (Phi) is 4.38. The fraction of sp³-hybridized carbons (Fsp3) is 0.0476. The quantitative estimate of drug-likeness (QED) is 0.195. The fourth-order valence-electron chi connectivity index (χ4n) is 8.36. The zero-order chi connectivity index (χ0) is 27.4. The molecule has 7 aromatic carbocycles. The fourth-order valence-corrected chi connectivity index (χ4v) is 8.36. The molecule has 0 amide bonds. The van der Waals surface area contributed by atoms with E-state index >= 15 is 0 Å². The van der Waals surface area contributed by atoms with Gasteiger partial charge in [-0.05, 0) is 94.0 Å². The van der Waals surface area contributed by atoms with Gasteiger partial charge in [-0.1, -0.05) is 140 Å². The monoisotopic (exact) mass is 530 g/mol. The molecule has 0 saturated heterocycles. The van der Waals surface area contributed by atoms with Crippen LogP contribution in [0, 0.1) is 0 Å². The first-order valence-corrected chi connectivity index (χ1v) is 15.0. The SMILES string of the molecule is C1=CC2c3cccc4c3c(cc3c(-c5ccccc5)c5c(c(-c6ccccc6)c34)-c3cccc4cccc-5c34)C2C=C1. The summed E-state index contributed by atoms with van der Waals surface area (Å²) in [7, 11) is 0. The van der Waals surface area contributed by atoms with Crippen LogP contribution >= 0.6 is 0 Å². The number of benzene rings is 7. The molecule has 0 bridgehead atoms. The molecule has 0 nitrogen and oxygen atoms in total. The van der Waals surface area contributed by atoms with Crippen LogP contribution in [0.2, 0.25) is 0 Å². The van der Waals surface area contributed by atoms with Crippen molar-refractivity contribution in [3.8, 4) is 44.5 Å². The molecule has 194 valence electrons. The lowest BCUT2D eigenvalue weighted by Gasteiger charge is -2.23. The Hall–Kier alpha value is -5.20. The highest BCUT2D eigenvalue weighted by atomic mass is 14.4. The third-order valence-corrected chi connectivity index (χ3v) is 9.91. The van der Waals surface area contributed by atoms with Crippen molar-refractivity contribution in [3.63, 3.8) is 0 Å². The molecule has 0 radical (unpaired) electrons. The highest BCUT2D eigenvalue weighted by molar-refractivity contribution is 6.31. The minimum absolute atomic E-state index is 0.372. The van der Waals surface area contributed by atoms with Crippen LogP contribution in [0.1, 0.15) is 23.0 Å². The van der Waals surface area contributed by atoms with Crippen LogP contribution < -0.4 is 0 Å². The topological polar surface area (TPSA) is 0 Å². The molecule has 0 heterocycles. The molecule has 10 rings (SSSR count). The van der Waals surface area contributed by atoms with E-state index in [2.05, 4.69) is 146 Å². The van der Waals surface area contributed by atoms with Gasteiger partial charge in [0.15, 0.2) is 0 Å². The van der Waals surface area contributed by atoms with Crippen LogP contribution in [0.3, 0.4) is 0 Å². The van der Waals surface area contributed by atoms with Crippen LogP contribution in [0.4, 0.5) is 0 Å². The number of fused-ring (bicyclic) bond motifs is 8. The van der Waals surface area contributed by atoms with Gasteiger partial charge in [0.2, 0.25) is 0 Å². The highest BCUT2D eigenvalue weighted by Crippen LogP contribution is 2.60. The van der Waals surface area contributed by atoms with Crippen LogP contribution in [0.15, 0.2) is 146 Å². The standard InChI is InChI=1S/C42H26/c1-3-12-26(13-4-1)37-35-24-34-29-19-8-7-18-28(29)30-20-11-23-33(39(30)34)40(35)38(27-14-5-2-6-15-27)42-32-22-10-17-25-16-9-21-31(36(25)32)41(37)42/h1-24,28-29H. The lowest BCUT2D eigenvalue weighted by Crippen LogP contribution is -2.02. The van der Waals surface area contributed by atoms with E-state index < -0.39 is 0 Å². The lowest BCUT2D eigenvalue weighted by atomic mass is 9.80. The summed E-state index contributed by atoms with van der Waals surface area (Å²) >= 11 is 0. The molecule has 3 aliphatic carbocycles. The van der Waals surface area contributed by atoms with Crippen molar-refractivity contribution in [1.29, 1.82) is 0 Å². The van der Waals surface area contributed by atoms with E-state index in [1.165, 1.54) is 88.0 Å². The smallest absolute Gasteiger partial charge is 0.0131 e. The second-order valence-electron chi connectivity index (χ2n) is 11.9. The summed E-state index contributed by atoms with van der Waals surface area (Å²) < 4.78 is 0. The molecule has 2 unspecified atom stereocenters. The highest BCUT2D eigenvalue weighted by Gasteiger charge is 2.36. The summed E-state index contributed by atoms with van der Waals surface area (Å²) in [5, 5.41) is 8.22. The summed E-state index contributed by atoms with van der Waals surface area (Å²) in [6.07, 6.45) is 9.27. The van der Waals surface area contributed by atoms with E-state index in [9.17, 15) is 0 Å². The minimum atomic E-state index is 0.372. The summed E-state index contributed by atoms with van der Waals surface area (Å²) in [5.74, 6) is 0.768. The molecule has 2 atom stereocenters. The maximum absolute atomic E-state index is 2.56. The van der Waals surface area contributed by atoms with Crippen LogP contribution in [-0.4, -0.2) is 0 Å². The van der Waals surface area contributed by atoms with E-state index in [0.717, 1.165) is 0 Å². The molecule has 42 heavy (non-hydrogen) atoms. The van der Waals surface area contributed by atoms with E-state index in [1.807, 2.05) is 0 Å². The van der Waals surface area contributed by atoms with Gasteiger partial charge in [-0.25, -0.2) is 0 Å². The van der Waals surface area contributed by atoms with E-state index in [4.69, 9.17) is 0 Å². The van der Waals surface area contributed by atoms with Gasteiger partial charge in [0.25, 0.3) is 0 Å². The average Bonchev–Trinajstić information content (AvgIpc) is 3.56. The Morgan fingerprint density at radius 2 is 0.976 bits per heavy atom. The Morgan fingerprint density at radius 1 is 0.381 bits per heavy atom. The Labute approximate surface area is 244 Å². The second kappa shape index (κ2) is 8.18. The first-order chi connectivity index (χ1) is 20.9. The Morgan fingerprint density at radius 3 is 1.67 bits per heavy atom. The summed E-state index contributed by atoms with van der Waals surface area (Å²) in [6.45, 7) is 0. The first kappa shape index (κ1) is 22.5. The lowest BCUT2D eigenvalue weighted by molar-refractivity contribution is 0.769. The normalized spacial score (nSPS) is 17.3. The van der Waals surface area contributed by atoms with Gasteiger partial charge in [-0.3, -0.25) is 0 Å². The number of hydrogen-bond acceptors (Lipinski definition) is 0. The molecule has 3 aliphatic rings. The van der Waals surface area contributed by atoms with E-state index in [0.29, 0.717) is 11.8 Å². The molecule has 0 N–H and O–H groups in total. The van der Waals surface area contributed by atoms with Gasteiger partial charge in [0, 0.05) is 11.8 Å². The van der Waals surface area contributed by atoms with Gasteiger partial charge in [0.1, 0.15) is 0 Å². The molecule has 7 aromatic rings. The molecule has 0 saturated carbocycles. The zero-order valence-electron chi connectivity index (χ0n) is 23.0. The average molecular weight is 531 g/mol. The van der Waals surface area contributed by atoms with Crippen molar-refractivity contribution in [2.45, 2.75) is 11.8 Å². The van der Waals surface area contributed by atoms with Gasteiger partial charge >= 0.3 is 0 Å². The predicted octanol–water partition coefficient (Wildman–Crippen LogP) is 11.4. The minimum Gasteiger partial charge on any atom is -0.0761 e. The van der Waals surface area contributed by atoms with Gasteiger partial charge < -0.3 is 0 Å². The van der Waals surface area contributed by atoms with Gasteiger partial charge in [0.05, 0.1) is 0 Å². The molecule has 0 fully saturated rings. The summed E-state index contributed by atoms with van der Waals surface area (Å²) in [5.41, 5.74) is 13.6. The van der Waals surface area contributed by atoms with Crippen molar-refractivity contribution in [2.24, 2.45) is 0 Å². The maximum Gasteiger partial charge on any atom is 0.0131 e. The van der Waals surface area contributed by atoms with Crippen molar-refractivity contribution in [2.75, 3.05) is 0 Å². The van der Waals surface area contributed by atoms with Crippen molar-refractivity contribution < 1.29 is 0 Å². The van der Waals surface area contributed by atoms with Crippen molar-refractivity contribution in [3.05, 3.63) is 157 Å². The zero-order valence-corrected chi connectivity index (χ0v) is 23.0. The van der Waals surface area contributed by atoms with E-state index in [1.54, 1.807) is 0 Å². The van der Waals surface area contributed by atoms with Gasteiger partial charge in [-0.15, -0.1) is 0 Å². The third kappa shape index (κ3) is 2.77. The van der Waals surface area contributed by atoms with Crippen LogP contribution in [0.5, 0.6) is 0 Å². The number of allylic oxidation sites excluding steroid dienone is 4. The maximum atomic E-state index is 2.56. The number of rotatable bonds is 2. The predicted molar refractivity (Wildman–Crippen MR) is 178 cm³/mol. The second-order valence-corrected chi connectivity index (χ2v) is 11.9. The third-order valence-electron chi connectivity index (χ3n) is 9.91. The molecular weight excluding hydrogens is 504 g/mol. The van der Waals surface area contributed by atoms with Crippen LogP contribution in [0.25, 0.3) is 76.8 Å². The first-order valence-electron chi connectivity index (χ1n) is 15.0. The molecule has 0 aromatic heterocycles. The number of hydrogen-bond donors (Lipinski definition) is 0. The summed E-state index contributed by atoms with van der Waals surface area (Å²) in [6, 6.07) is 45.5. The Balaban J connectivity index is 1.51. The van der Waals surface area contributed by atoms with Crippen molar-refractivity contribution >= 4 is 32.3 Å². The summed E-state index contributed by atoms with van der Waals surface area (Å²) in [4.78, 5) is 0. The molecular formula is C42H26. The van der Waals surface area contributed by atoms with Crippen LogP contribution in [-0.2, 0) is 0 Å².